The van der Waals surface area contributed by atoms with Gasteiger partial charge >= 0.3 is 0 Å². The first-order valence-electron chi connectivity index (χ1n) is 7.52. The molecule has 0 saturated heterocycles. The Bertz CT molecular complexity index is 910. The van der Waals surface area contributed by atoms with Gasteiger partial charge in [0.15, 0.2) is 5.78 Å². The highest BCUT2D eigenvalue weighted by Gasteiger charge is 2.18. The van der Waals surface area contributed by atoms with E-state index in [0.29, 0.717) is 5.56 Å². The van der Waals surface area contributed by atoms with Gasteiger partial charge in [-0.05, 0) is 31.5 Å². The van der Waals surface area contributed by atoms with Gasteiger partial charge in [0.2, 0.25) is 0 Å². The fourth-order valence-corrected chi connectivity index (χ4v) is 2.89. The first-order valence-corrected chi connectivity index (χ1v) is 7.52. The second-order valence-electron chi connectivity index (χ2n) is 5.57. The summed E-state index contributed by atoms with van der Waals surface area (Å²) in [6.45, 7) is 3.43. The Kier molecular flexibility index (Phi) is 4.00. The molecule has 0 aliphatic carbocycles. The Hall–Kier alpha value is -3.21. The quantitative estimate of drug-likeness (QED) is 0.402. The number of ketones is 1. The standard InChI is InChI=1S/C19H16N2O3/c1-13-19(14(2)22)18(15-6-4-3-5-7-15)12-20(13)16-8-10-17(11-9-16)21(23)24/h3-12H,1-2H3. The molecule has 3 aromatic rings. The fourth-order valence-electron chi connectivity index (χ4n) is 2.89. The normalized spacial score (nSPS) is 10.6. The number of carbonyl (C=O) groups excluding carboxylic acids is 1. The largest absolute Gasteiger partial charge is 0.320 e. The Morgan fingerprint density at radius 1 is 1.04 bits per heavy atom. The molecule has 0 unspecified atom stereocenters. The van der Waals surface area contributed by atoms with Crippen LogP contribution in [0.1, 0.15) is 23.0 Å². The van der Waals surface area contributed by atoms with Gasteiger partial charge in [0.1, 0.15) is 0 Å². The van der Waals surface area contributed by atoms with E-state index in [1.165, 1.54) is 12.1 Å². The predicted molar refractivity (Wildman–Crippen MR) is 92.6 cm³/mol. The number of non-ortho nitro benzene ring substituents is 1. The molecule has 3 rings (SSSR count). The minimum Gasteiger partial charge on any atom is -0.320 e. The third-order valence-electron chi connectivity index (χ3n) is 4.03. The number of nitro groups is 1. The zero-order valence-electron chi connectivity index (χ0n) is 13.4. The highest BCUT2D eigenvalue weighted by molar-refractivity contribution is 6.02. The number of hydrogen-bond acceptors (Lipinski definition) is 3. The second kappa shape index (κ2) is 6.12. The molecule has 0 atom stereocenters. The number of nitro benzene ring substituents is 1. The number of benzene rings is 2. The van der Waals surface area contributed by atoms with Crippen molar-refractivity contribution in [3.8, 4) is 16.8 Å². The molecule has 1 aromatic heterocycles. The van der Waals surface area contributed by atoms with E-state index in [0.717, 1.165) is 22.5 Å². The molecule has 120 valence electrons. The van der Waals surface area contributed by atoms with Crippen LogP contribution < -0.4 is 0 Å². The third kappa shape index (κ3) is 2.72. The average molecular weight is 320 g/mol. The van der Waals surface area contributed by atoms with Gasteiger partial charge in [-0.15, -0.1) is 0 Å². The molecule has 24 heavy (non-hydrogen) atoms. The Morgan fingerprint density at radius 2 is 1.67 bits per heavy atom. The summed E-state index contributed by atoms with van der Waals surface area (Å²) < 4.78 is 1.89. The monoisotopic (exact) mass is 320 g/mol. The van der Waals surface area contributed by atoms with E-state index < -0.39 is 4.92 Å². The molecular weight excluding hydrogens is 304 g/mol. The lowest BCUT2D eigenvalue weighted by molar-refractivity contribution is -0.384. The maximum Gasteiger partial charge on any atom is 0.269 e. The smallest absolute Gasteiger partial charge is 0.269 e. The zero-order valence-corrected chi connectivity index (χ0v) is 13.4. The van der Waals surface area contributed by atoms with Crippen molar-refractivity contribution < 1.29 is 9.72 Å². The van der Waals surface area contributed by atoms with Crippen LogP contribution in [0.25, 0.3) is 16.8 Å². The van der Waals surface area contributed by atoms with E-state index in [-0.39, 0.29) is 11.5 Å². The number of rotatable bonds is 4. The molecule has 5 heteroatoms. The van der Waals surface area contributed by atoms with Gasteiger partial charge in [-0.1, -0.05) is 30.3 Å². The molecule has 0 spiro atoms. The summed E-state index contributed by atoms with van der Waals surface area (Å²) in [4.78, 5) is 22.5. The van der Waals surface area contributed by atoms with Gasteiger partial charge in [-0.2, -0.15) is 0 Å². The number of Topliss-reactive ketones (excluding diaryl/α,β-unsaturated/α-hetero) is 1. The molecule has 1 heterocycles. The maximum atomic E-state index is 12.1. The van der Waals surface area contributed by atoms with Crippen LogP contribution in [0.5, 0.6) is 0 Å². The molecule has 0 aliphatic heterocycles. The molecule has 0 N–H and O–H groups in total. The van der Waals surface area contributed by atoms with E-state index in [1.54, 1.807) is 19.1 Å². The van der Waals surface area contributed by atoms with Crippen LogP contribution in [0.2, 0.25) is 0 Å². The van der Waals surface area contributed by atoms with Crippen LogP contribution in [0.3, 0.4) is 0 Å². The van der Waals surface area contributed by atoms with Crippen molar-refractivity contribution in [2.24, 2.45) is 0 Å². The maximum absolute atomic E-state index is 12.1. The minimum absolute atomic E-state index is 0.00739. The van der Waals surface area contributed by atoms with E-state index in [9.17, 15) is 14.9 Å². The second-order valence-corrected chi connectivity index (χ2v) is 5.57. The van der Waals surface area contributed by atoms with Gasteiger partial charge in [0, 0.05) is 40.8 Å². The van der Waals surface area contributed by atoms with Crippen molar-refractivity contribution in [2.75, 3.05) is 0 Å². The Balaban J connectivity index is 2.16. The van der Waals surface area contributed by atoms with Crippen LogP contribution >= 0.6 is 0 Å². The van der Waals surface area contributed by atoms with Crippen molar-refractivity contribution in [1.29, 1.82) is 0 Å². The Labute approximate surface area is 139 Å². The van der Waals surface area contributed by atoms with Gasteiger partial charge in [-0.25, -0.2) is 0 Å². The molecule has 0 aliphatic rings. The summed E-state index contributed by atoms with van der Waals surface area (Å²) in [6, 6.07) is 16.0. The van der Waals surface area contributed by atoms with Gasteiger partial charge in [0.25, 0.3) is 5.69 Å². The van der Waals surface area contributed by atoms with Crippen molar-refractivity contribution in [3.05, 3.63) is 82.2 Å². The molecule has 0 fully saturated rings. The highest BCUT2D eigenvalue weighted by atomic mass is 16.6. The van der Waals surface area contributed by atoms with Crippen LogP contribution in [0.4, 0.5) is 5.69 Å². The van der Waals surface area contributed by atoms with E-state index in [1.807, 2.05) is 48.0 Å². The van der Waals surface area contributed by atoms with Crippen LogP contribution in [-0.4, -0.2) is 15.3 Å². The first-order chi connectivity index (χ1) is 11.5. The molecular formula is C19H16N2O3. The number of aromatic nitrogens is 1. The first kappa shape index (κ1) is 15.7. The summed E-state index contributed by atoms with van der Waals surface area (Å²) in [5.74, 6) is -0.00739. The highest BCUT2D eigenvalue weighted by Crippen LogP contribution is 2.30. The minimum atomic E-state index is -0.428. The molecule has 0 saturated carbocycles. The summed E-state index contributed by atoms with van der Waals surface area (Å²) in [7, 11) is 0. The van der Waals surface area contributed by atoms with Crippen LogP contribution in [0.15, 0.2) is 60.8 Å². The van der Waals surface area contributed by atoms with Crippen molar-refractivity contribution in [1.82, 2.24) is 4.57 Å². The third-order valence-corrected chi connectivity index (χ3v) is 4.03. The number of nitrogens with zero attached hydrogens (tertiary/aromatic N) is 2. The summed E-state index contributed by atoms with van der Waals surface area (Å²) in [6.07, 6.45) is 1.91. The summed E-state index contributed by atoms with van der Waals surface area (Å²) >= 11 is 0. The summed E-state index contributed by atoms with van der Waals surface area (Å²) in [5, 5.41) is 10.8. The van der Waals surface area contributed by atoms with Crippen molar-refractivity contribution >= 4 is 11.5 Å². The lowest BCUT2D eigenvalue weighted by Gasteiger charge is -2.06. The van der Waals surface area contributed by atoms with E-state index in [2.05, 4.69) is 0 Å². The fraction of sp³-hybridized carbons (Fsp3) is 0.105. The van der Waals surface area contributed by atoms with E-state index >= 15 is 0 Å². The molecule has 0 bridgehead atoms. The van der Waals surface area contributed by atoms with Gasteiger partial charge < -0.3 is 4.57 Å². The average Bonchev–Trinajstić information content (AvgIpc) is 2.93. The molecule has 0 amide bonds. The van der Waals surface area contributed by atoms with Gasteiger partial charge in [0.05, 0.1) is 4.92 Å². The molecule has 0 radical (unpaired) electrons. The van der Waals surface area contributed by atoms with Crippen molar-refractivity contribution in [3.63, 3.8) is 0 Å². The lowest BCUT2D eigenvalue weighted by Crippen LogP contribution is -2.00. The van der Waals surface area contributed by atoms with Crippen LogP contribution in [-0.2, 0) is 0 Å². The topological polar surface area (TPSA) is 65.1 Å². The number of carbonyl (C=O) groups is 1. The van der Waals surface area contributed by atoms with Crippen LogP contribution in [0, 0.1) is 17.0 Å². The summed E-state index contributed by atoms with van der Waals surface area (Å²) in [5.41, 5.74) is 4.13. The molecule has 2 aromatic carbocycles. The molecule has 5 nitrogen and oxygen atoms in total. The van der Waals surface area contributed by atoms with Crippen molar-refractivity contribution in [2.45, 2.75) is 13.8 Å². The predicted octanol–water partition coefficient (Wildman–Crippen LogP) is 4.56. The van der Waals surface area contributed by atoms with E-state index in [4.69, 9.17) is 0 Å². The Morgan fingerprint density at radius 3 is 2.21 bits per heavy atom. The zero-order chi connectivity index (χ0) is 17.3. The van der Waals surface area contributed by atoms with Gasteiger partial charge in [-0.3, -0.25) is 14.9 Å². The SMILES string of the molecule is CC(=O)c1c(-c2ccccc2)cn(-c2ccc([N+](=O)[O-])cc2)c1C. The lowest BCUT2D eigenvalue weighted by atomic mass is 10.0. The number of hydrogen-bond donors (Lipinski definition) is 0.